The summed E-state index contributed by atoms with van der Waals surface area (Å²) in [5, 5.41) is 2.00. The molecule has 0 aromatic carbocycles. The van der Waals surface area contributed by atoms with Crippen LogP contribution in [0, 0.1) is 0 Å². The highest BCUT2D eigenvalue weighted by atomic mass is 35.5. The van der Waals surface area contributed by atoms with Gasteiger partial charge in [-0.05, 0) is 20.8 Å². The number of carbonyl (C=O) groups excluding carboxylic acids is 2. The lowest BCUT2D eigenvalue weighted by atomic mass is 10.2. The Kier molecular flexibility index (Phi) is 5.47. The lowest BCUT2D eigenvalue weighted by molar-refractivity contribution is 0.0520. The number of rotatable bonds is 4. The molecule has 1 heterocycles. The van der Waals surface area contributed by atoms with E-state index in [2.05, 4.69) is 9.72 Å². The first-order valence-corrected chi connectivity index (χ1v) is 6.19. The Bertz CT molecular complexity index is 527. The summed E-state index contributed by atoms with van der Waals surface area (Å²) in [6.07, 6.45) is -4.07. The standard InChI is InChI=1S/C11H13ClF2N2O5/c1-11(2,3)21-10(18)16-9-15-5(7(13)14)6(20-9)8(17)19-4-12/h7H,4H2,1-3H3,(H,15,16,18). The van der Waals surface area contributed by atoms with Gasteiger partial charge in [-0.15, -0.1) is 0 Å². The lowest BCUT2D eigenvalue weighted by Crippen LogP contribution is -2.27. The summed E-state index contributed by atoms with van der Waals surface area (Å²) < 4.78 is 39.4. The molecule has 118 valence electrons. The molecule has 0 unspecified atom stereocenters. The van der Waals surface area contributed by atoms with E-state index in [1.54, 1.807) is 20.8 Å². The van der Waals surface area contributed by atoms with Crippen LogP contribution >= 0.6 is 11.6 Å². The monoisotopic (exact) mass is 326 g/mol. The van der Waals surface area contributed by atoms with Gasteiger partial charge >= 0.3 is 18.1 Å². The second-order valence-electron chi connectivity index (χ2n) is 4.70. The molecule has 1 aromatic heterocycles. The van der Waals surface area contributed by atoms with Crippen molar-refractivity contribution in [2.75, 3.05) is 11.4 Å². The predicted molar refractivity (Wildman–Crippen MR) is 67.5 cm³/mol. The summed E-state index contributed by atoms with van der Waals surface area (Å²) in [5.74, 6) is -2.05. The van der Waals surface area contributed by atoms with Gasteiger partial charge in [0.05, 0.1) is 0 Å². The molecular formula is C11H13ClF2N2O5. The van der Waals surface area contributed by atoms with Crippen LogP contribution in [0.5, 0.6) is 0 Å². The van der Waals surface area contributed by atoms with Crippen LogP contribution in [0.2, 0.25) is 0 Å². The van der Waals surface area contributed by atoms with E-state index < -0.39 is 47.6 Å². The maximum Gasteiger partial charge on any atom is 0.415 e. The molecule has 0 fully saturated rings. The number of carbonyl (C=O) groups is 2. The van der Waals surface area contributed by atoms with Gasteiger partial charge in [0, 0.05) is 0 Å². The fourth-order valence-corrected chi connectivity index (χ4v) is 1.28. The predicted octanol–water partition coefficient (Wildman–Crippen LogP) is 3.31. The smallest absolute Gasteiger partial charge is 0.415 e. The van der Waals surface area contributed by atoms with Crippen molar-refractivity contribution in [2.45, 2.75) is 32.8 Å². The third kappa shape index (κ3) is 5.18. The number of ether oxygens (including phenoxy) is 2. The number of nitrogens with zero attached hydrogens (tertiary/aromatic N) is 1. The third-order valence-electron chi connectivity index (χ3n) is 1.84. The van der Waals surface area contributed by atoms with Crippen molar-refractivity contribution in [3.05, 3.63) is 11.5 Å². The number of alkyl halides is 3. The van der Waals surface area contributed by atoms with Gasteiger partial charge in [-0.2, -0.15) is 4.98 Å². The van der Waals surface area contributed by atoms with Gasteiger partial charge < -0.3 is 13.9 Å². The summed E-state index contributed by atoms with van der Waals surface area (Å²) in [6, 6.07) is -1.15. The van der Waals surface area contributed by atoms with Gasteiger partial charge in [-0.3, -0.25) is 0 Å². The molecule has 0 atom stereocenters. The van der Waals surface area contributed by atoms with Crippen molar-refractivity contribution in [3.63, 3.8) is 0 Å². The first-order valence-electron chi connectivity index (χ1n) is 5.66. The van der Waals surface area contributed by atoms with Gasteiger partial charge in [0.2, 0.25) is 5.76 Å². The molecule has 0 spiro atoms. The molecule has 0 aliphatic carbocycles. The van der Waals surface area contributed by atoms with E-state index >= 15 is 0 Å². The van der Waals surface area contributed by atoms with Crippen molar-refractivity contribution < 1.29 is 32.3 Å². The number of hydrogen-bond donors (Lipinski definition) is 1. The maximum absolute atomic E-state index is 12.7. The topological polar surface area (TPSA) is 90.7 Å². The first-order chi connectivity index (χ1) is 9.64. The zero-order valence-corrected chi connectivity index (χ0v) is 12.2. The number of halogens is 3. The molecule has 1 amide bonds. The molecule has 1 N–H and O–H groups in total. The Morgan fingerprint density at radius 1 is 1.43 bits per heavy atom. The Morgan fingerprint density at radius 3 is 2.52 bits per heavy atom. The fourth-order valence-electron chi connectivity index (χ4n) is 1.19. The Labute approximate surface area is 123 Å². The van der Waals surface area contributed by atoms with E-state index in [4.69, 9.17) is 20.8 Å². The molecule has 0 bridgehead atoms. The number of anilines is 1. The summed E-state index contributed by atoms with van der Waals surface area (Å²) in [5.41, 5.74) is -1.76. The minimum absolute atomic E-state index is 0.545. The second-order valence-corrected chi connectivity index (χ2v) is 4.92. The number of nitrogens with one attached hydrogen (secondary N) is 1. The normalized spacial score (nSPS) is 11.4. The molecular weight excluding hydrogens is 314 g/mol. The van der Waals surface area contributed by atoms with Crippen LogP contribution in [0.25, 0.3) is 0 Å². The van der Waals surface area contributed by atoms with E-state index in [0.717, 1.165) is 0 Å². The van der Waals surface area contributed by atoms with E-state index in [-0.39, 0.29) is 0 Å². The van der Waals surface area contributed by atoms with Crippen molar-refractivity contribution >= 4 is 29.7 Å². The molecule has 0 radical (unpaired) electrons. The van der Waals surface area contributed by atoms with E-state index in [1.807, 2.05) is 5.32 Å². The molecule has 21 heavy (non-hydrogen) atoms. The number of amides is 1. The van der Waals surface area contributed by atoms with Gasteiger partial charge in [0.1, 0.15) is 5.60 Å². The van der Waals surface area contributed by atoms with E-state index in [9.17, 15) is 18.4 Å². The quantitative estimate of drug-likeness (QED) is 0.674. The molecule has 0 saturated heterocycles. The molecule has 1 aromatic rings. The van der Waals surface area contributed by atoms with Gasteiger partial charge in [-0.1, -0.05) is 11.6 Å². The third-order valence-corrected chi connectivity index (χ3v) is 1.95. The van der Waals surface area contributed by atoms with Crippen LogP contribution in [-0.4, -0.2) is 28.7 Å². The molecule has 0 aliphatic rings. The number of hydrogen-bond acceptors (Lipinski definition) is 6. The Balaban J connectivity index is 2.92. The van der Waals surface area contributed by atoms with Crippen molar-refractivity contribution in [1.82, 2.24) is 4.98 Å². The highest BCUT2D eigenvalue weighted by molar-refractivity contribution is 6.17. The highest BCUT2D eigenvalue weighted by Gasteiger charge is 2.29. The summed E-state index contributed by atoms with van der Waals surface area (Å²) in [6.45, 7) is 4.82. The van der Waals surface area contributed by atoms with E-state index in [1.165, 1.54) is 0 Å². The van der Waals surface area contributed by atoms with Gasteiger partial charge in [-0.25, -0.2) is 23.7 Å². The first kappa shape index (κ1) is 17.2. The zero-order valence-electron chi connectivity index (χ0n) is 11.4. The van der Waals surface area contributed by atoms with Crippen LogP contribution < -0.4 is 5.32 Å². The minimum atomic E-state index is -3.10. The fraction of sp³-hybridized carbons (Fsp3) is 0.545. The van der Waals surface area contributed by atoms with Crippen LogP contribution in [0.1, 0.15) is 43.4 Å². The molecule has 7 nitrogen and oxygen atoms in total. The Hall–Kier alpha value is -1.90. The molecule has 0 saturated carbocycles. The lowest BCUT2D eigenvalue weighted by Gasteiger charge is -2.18. The minimum Gasteiger partial charge on any atom is -0.443 e. The van der Waals surface area contributed by atoms with Gasteiger partial charge in [0.25, 0.3) is 6.43 Å². The number of aromatic nitrogens is 1. The Morgan fingerprint density at radius 2 is 2.05 bits per heavy atom. The van der Waals surface area contributed by atoms with Crippen molar-refractivity contribution in [2.24, 2.45) is 0 Å². The molecule has 1 rings (SSSR count). The summed E-state index contributed by atoms with van der Waals surface area (Å²) >= 11 is 5.16. The average molecular weight is 327 g/mol. The van der Waals surface area contributed by atoms with Crippen molar-refractivity contribution in [1.29, 1.82) is 0 Å². The average Bonchev–Trinajstić information content (AvgIpc) is 2.70. The molecule has 10 heteroatoms. The van der Waals surface area contributed by atoms with Crippen LogP contribution in [0.4, 0.5) is 19.6 Å². The highest BCUT2D eigenvalue weighted by Crippen LogP contribution is 2.26. The molecule has 0 aliphatic heterocycles. The second kappa shape index (κ2) is 6.70. The SMILES string of the molecule is CC(C)(C)OC(=O)Nc1nc(C(F)F)c(C(=O)OCCl)o1. The largest absolute Gasteiger partial charge is 0.443 e. The number of oxazole rings is 1. The van der Waals surface area contributed by atoms with Crippen LogP contribution in [0.3, 0.4) is 0 Å². The van der Waals surface area contributed by atoms with E-state index in [0.29, 0.717) is 0 Å². The van der Waals surface area contributed by atoms with Gasteiger partial charge in [0.15, 0.2) is 11.8 Å². The van der Waals surface area contributed by atoms with Crippen LogP contribution in [0.15, 0.2) is 4.42 Å². The summed E-state index contributed by atoms with van der Waals surface area (Å²) in [4.78, 5) is 26.1. The maximum atomic E-state index is 12.7. The van der Waals surface area contributed by atoms with Crippen LogP contribution in [-0.2, 0) is 9.47 Å². The summed E-state index contributed by atoms with van der Waals surface area (Å²) in [7, 11) is 0. The van der Waals surface area contributed by atoms with Crippen molar-refractivity contribution in [3.8, 4) is 0 Å². The number of esters is 1. The zero-order chi connectivity index (χ0) is 16.2.